The molecule has 0 aromatic heterocycles. The van der Waals surface area contributed by atoms with E-state index >= 15 is 0 Å². The van der Waals surface area contributed by atoms with Gasteiger partial charge in [0.15, 0.2) is 19.0 Å². The highest BCUT2D eigenvalue weighted by atomic mass is 16.6. The minimum absolute atomic E-state index is 0.284. The normalized spacial score (nSPS) is 11.3. The smallest absolute Gasteiger partial charge is 0.344 e. The highest BCUT2D eigenvalue weighted by Crippen LogP contribution is 2.15. The number of aryl methyl sites for hydroxylation is 1. The molecule has 1 N–H and O–H groups in total. The largest absolute Gasteiger partial charge is 0.481 e. The van der Waals surface area contributed by atoms with Gasteiger partial charge >= 0.3 is 5.97 Å². The lowest BCUT2D eigenvalue weighted by Crippen LogP contribution is -2.31. The second-order valence-electron chi connectivity index (χ2n) is 5.43. The summed E-state index contributed by atoms with van der Waals surface area (Å²) in [4.78, 5) is 34.7. The van der Waals surface area contributed by atoms with Crippen LogP contribution >= 0.6 is 0 Å². The summed E-state index contributed by atoms with van der Waals surface area (Å²) in [6, 6.07) is 13.8. The van der Waals surface area contributed by atoms with E-state index in [2.05, 4.69) is 5.32 Å². The number of nitrogens with one attached hydrogen (secondary N) is 1. The molecule has 0 aliphatic rings. The van der Waals surface area contributed by atoms with Crippen molar-refractivity contribution in [3.63, 3.8) is 0 Å². The van der Waals surface area contributed by atoms with E-state index in [9.17, 15) is 14.4 Å². The van der Waals surface area contributed by atoms with Crippen molar-refractivity contribution in [3.8, 4) is 5.75 Å². The van der Waals surface area contributed by atoms with Gasteiger partial charge in [-0.3, -0.25) is 9.59 Å². The van der Waals surface area contributed by atoms with Crippen LogP contribution < -0.4 is 10.1 Å². The van der Waals surface area contributed by atoms with Gasteiger partial charge in [0.2, 0.25) is 0 Å². The van der Waals surface area contributed by atoms with Crippen LogP contribution in [-0.2, 0) is 14.3 Å². The highest BCUT2D eigenvalue weighted by molar-refractivity contribution is 5.95. The number of benzene rings is 2. The molecular formula is C19H19NO5. The average molecular weight is 341 g/mol. The first-order valence-corrected chi connectivity index (χ1v) is 7.73. The molecule has 0 fully saturated rings. The van der Waals surface area contributed by atoms with Crippen LogP contribution in [0.15, 0.2) is 48.5 Å². The third-order valence-corrected chi connectivity index (χ3v) is 3.39. The fourth-order valence-corrected chi connectivity index (χ4v) is 2.01. The number of aldehydes is 1. The average Bonchev–Trinajstić information content (AvgIpc) is 2.62. The van der Waals surface area contributed by atoms with Gasteiger partial charge < -0.3 is 14.8 Å². The molecule has 0 bridgehead atoms. The molecule has 0 radical (unpaired) electrons. The molecule has 0 saturated carbocycles. The Morgan fingerprint density at radius 3 is 2.48 bits per heavy atom. The van der Waals surface area contributed by atoms with Crippen LogP contribution in [0.2, 0.25) is 0 Å². The van der Waals surface area contributed by atoms with E-state index < -0.39 is 24.6 Å². The molecule has 0 aliphatic carbocycles. The van der Waals surface area contributed by atoms with E-state index in [1.165, 1.54) is 6.92 Å². The van der Waals surface area contributed by atoms with Crippen molar-refractivity contribution in [1.82, 2.24) is 0 Å². The molecule has 1 amide bonds. The molecule has 6 nitrogen and oxygen atoms in total. The van der Waals surface area contributed by atoms with Gasteiger partial charge in [-0.15, -0.1) is 0 Å². The van der Waals surface area contributed by atoms with E-state index in [4.69, 9.17) is 9.47 Å². The van der Waals surface area contributed by atoms with Crippen LogP contribution in [0.3, 0.4) is 0 Å². The minimum Gasteiger partial charge on any atom is -0.481 e. The lowest BCUT2D eigenvalue weighted by atomic mass is 10.2. The Morgan fingerprint density at radius 1 is 1.12 bits per heavy atom. The van der Waals surface area contributed by atoms with Gasteiger partial charge in [-0.05, 0) is 38.1 Å². The van der Waals surface area contributed by atoms with Crippen molar-refractivity contribution < 1.29 is 23.9 Å². The molecule has 2 aromatic carbocycles. The number of hydrogen-bond acceptors (Lipinski definition) is 5. The summed E-state index contributed by atoms with van der Waals surface area (Å²) in [7, 11) is 0. The van der Waals surface area contributed by atoms with Crippen molar-refractivity contribution in [2.75, 3.05) is 11.9 Å². The number of rotatable bonds is 7. The van der Waals surface area contributed by atoms with E-state index in [1.807, 2.05) is 19.1 Å². The SMILES string of the molecule is Cc1ccc(NC(=O)[C@H](C)OC(=O)COc2ccccc2C=O)cc1. The standard InChI is InChI=1S/C19H19NO5/c1-13-7-9-16(10-8-13)20-19(23)14(2)25-18(22)12-24-17-6-4-3-5-15(17)11-21/h3-11,14H,12H2,1-2H3,(H,20,23)/t14-/m0/s1. The summed E-state index contributed by atoms with van der Waals surface area (Å²) in [5, 5.41) is 2.66. The van der Waals surface area contributed by atoms with E-state index in [1.54, 1.807) is 36.4 Å². The Hall–Kier alpha value is -3.15. The third kappa shape index (κ3) is 5.46. The third-order valence-electron chi connectivity index (χ3n) is 3.39. The zero-order valence-electron chi connectivity index (χ0n) is 14.0. The molecule has 6 heteroatoms. The van der Waals surface area contributed by atoms with Gasteiger partial charge in [0.1, 0.15) is 5.75 Å². The summed E-state index contributed by atoms with van der Waals surface area (Å²) < 4.78 is 10.3. The topological polar surface area (TPSA) is 81.7 Å². The molecule has 130 valence electrons. The zero-order chi connectivity index (χ0) is 18.2. The highest BCUT2D eigenvalue weighted by Gasteiger charge is 2.18. The van der Waals surface area contributed by atoms with Crippen molar-refractivity contribution in [2.24, 2.45) is 0 Å². The Balaban J connectivity index is 1.83. The molecular weight excluding hydrogens is 322 g/mol. The van der Waals surface area contributed by atoms with Crippen molar-refractivity contribution in [1.29, 1.82) is 0 Å². The number of esters is 1. The molecule has 2 rings (SSSR count). The number of anilines is 1. The van der Waals surface area contributed by atoms with Gasteiger partial charge in [0, 0.05) is 5.69 Å². The number of ether oxygens (including phenoxy) is 2. The van der Waals surface area contributed by atoms with Crippen LogP contribution in [0.5, 0.6) is 5.75 Å². The predicted molar refractivity (Wildman–Crippen MR) is 92.7 cm³/mol. The molecule has 0 unspecified atom stereocenters. The predicted octanol–water partition coefficient (Wildman–Crippen LogP) is 2.76. The number of hydrogen-bond donors (Lipinski definition) is 1. The van der Waals surface area contributed by atoms with Gasteiger partial charge in [-0.25, -0.2) is 4.79 Å². The van der Waals surface area contributed by atoms with Crippen LogP contribution in [0.1, 0.15) is 22.8 Å². The molecule has 2 aromatic rings. The molecule has 0 spiro atoms. The lowest BCUT2D eigenvalue weighted by Gasteiger charge is -2.14. The van der Waals surface area contributed by atoms with Gasteiger partial charge in [0.05, 0.1) is 5.56 Å². The summed E-state index contributed by atoms with van der Waals surface area (Å²) >= 11 is 0. The van der Waals surface area contributed by atoms with Crippen molar-refractivity contribution >= 4 is 23.9 Å². The quantitative estimate of drug-likeness (QED) is 0.618. The maximum absolute atomic E-state index is 12.0. The van der Waals surface area contributed by atoms with E-state index in [0.717, 1.165) is 5.56 Å². The molecule has 25 heavy (non-hydrogen) atoms. The number of carbonyl (C=O) groups excluding carboxylic acids is 3. The second-order valence-corrected chi connectivity index (χ2v) is 5.43. The molecule has 1 atom stereocenters. The van der Waals surface area contributed by atoms with E-state index in [-0.39, 0.29) is 5.75 Å². The number of para-hydroxylation sites is 1. The first kappa shape index (κ1) is 18.2. The summed E-state index contributed by atoms with van der Waals surface area (Å²) in [5.74, 6) is -0.857. The first-order valence-electron chi connectivity index (χ1n) is 7.73. The molecule has 0 saturated heterocycles. The number of amides is 1. The van der Waals surface area contributed by atoms with Gasteiger partial charge in [0.25, 0.3) is 5.91 Å². The zero-order valence-corrected chi connectivity index (χ0v) is 14.0. The Morgan fingerprint density at radius 2 is 1.80 bits per heavy atom. The van der Waals surface area contributed by atoms with Crippen LogP contribution in [-0.4, -0.2) is 30.9 Å². The minimum atomic E-state index is -0.973. The maximum atomic E-state index is 12.0. The Labute approximate surface area is 145 Å². The summed E-state index contributed by atoms with van der Waals surface area (Å²) in [6.07, 6.45) is -0.336. The van der Waals surface area contributed by atoms with Crippen LogP contribution in [0.4, 0.5) is 5.69 Å². The molecule has 0 heterocycles. The second kappa shape index (κ2) is 8.63. The van der Waals surface area contributed by atoms with Crippen LogP contribution in [0, 0.1) is 6.92 Å². The fourth-order valence-electron chi connectivity index (χ4n) is 2.01. The maximum Gasteiger partial charge on any atom is 0.344 e. The number of carbonyl (C=O) groups is 3. The van der Waals surface area contributed by atoms with Crippen LogP contribution in [0.25, 0.3) is 0 Å². The summed E-state index contributed by atoms with van der Waals surface area (Å²) in [5.41, 5.74) is 2.03. The monoisotopic (exact) mass is 341 g/mol. The van der Waals surface area contributed by atoms with Crippen molar-refractivity contribution in [3.05, 3.63) is 59.7 Å². The summed E-state index contributed by atoms with van der Waals surface area (Å²) in [6.45, 7) is 3.02. The molecule has 0 aliphatic heterocycles. The van der Waals surface area contributed by atoms with Gasteiger partial charge in [-0.2, -0.15) is 0 Å². The first-order chi connectivity index (χ1) is 12.0. The van der Waals surface area contributed by atoms with E-state index in [0.29, 0.717) is 17.5 Å². The lowest BCUT2D eigenvalue weighted by molar-refractivity contribution is -0.155. The van der Waals surface area contributed by atoms with Gasteiger partial charge in [-0.1, -0.05) is 29.8 Å². The van der Waals surface area contributed by atoms with Crippen molar-refractivity contribution in [2.45, 2.75) is 20.0 Å². The Bertz CT molecular complexity index is 755. The Kier molecular flexibility index (Phi) is 6.28. The fraction of sp³-hybridized carbons (Fsp3) is 0.211.